The second-order valence-electron chi connectivity index (χ2n) is 3.93. The first-order valence-electron chi connectivity index (χ1n) is 6.06. The number of esters is 1. The van der Waals surface area contributed by atoms with Crippen molar-refractivity contribution in [2.24, 2.45) is 0 Å². The van der Waals surface area contributed by atoms with Gasteiger partial charge in [-0.2, -0.15) is 0 Å². The van der Waals surface area contributed by atoms with Crippen LogP contribution >= 0.6 is 0 Å². The molecule has 1 aromatic carbocycles. The molecule has 0 saturated carbocycles. The van der Waals surface area contributed by atoms with Crippen LogP contribution in [0.15, 0.2) is 30.3 Å². The summed E-state index contributed by atoms with van der Waals surface area (Å²) in [5.74, 6) is -0.756. The van der Waals surface area contributed by atoms with Gasteiger partial charge in [0, 0.05) is 0 Å². The van der Waals surface area contributed by atoms with E-state index in [4.69, 9.17) is 4.74 Å². The van der Waals surface area contributed by atoms with Crippen molar-refractivity contribution in [3.8, 4) is 0 Å². The Morgan fingerprint density at radius 1 is 1.35 bits per heavy atom. The molecule has 4 nitrogen and oxygen atoms in total. The van der Waals surface area contributed by atoms with Gasteiger partial charge in [0.15, 0.2) is 0 Å². The van der Waals surface area contributed by atoms with Gasteiger partial charge in [-0.25, -0.2) is 17.9 Å². The topological polar surface area (TPSA) is 57.8 Å². The third-order valence-corrected chi connectivity index (χ3v) is 2.30. The molecule has 104 valence electrons. The Labute approximate surface area is 143 Å². The molecule has 0 atom stereocenters. The summed E-state index contributed by atoms with van der Waals surface area (Å²) in [5.41, 5.74) is 1.79. The third-order valence-electron chi connectivity index (χ3n) is 2.30. The van der Waals surface area contributed by atoms with E-state index in [1.165, 1.54) is 5.56 Å². The first kappa shape index (κ1) is 19.1. The third kappa shape index (κ3) is 7.64. The molecule has 0 aromatic heterocycles. The molecule has 0 aliphatic rings. The maximum Gasteiger partial charge on any atom is 2.00 e. The Morgan fingerprint density at radius 2 is 2.00 bits per heavy atom. The number of carbonyl (C=O) groups is 1. The fourth-order valence-electron chi connectivity index (χ4n) is 1.31. The molecule has 5 heteroatoms. The van der Waals surface area contributed by atoms with Gasteiger partial charge >= 0.3 is 31.1 Å². The summed E-state index contributed by atoms with van der Waals surface area (Å²) in [4.78, 5) is 11.0. The summed E-state index contributed by atoms with van der Waals surface area (Å²) in [6.45, 7) is 4.57. The molecule has 20 heavy (non-hydrogen) atoms. The Morgan fingerprint density at radius 3 is 2.60 bits per heavy atom. The van der Waals surface area contributed by atoms with Crippen molar-refractivity contribution in [3.05, 3.63) is 53.0 Å². The molecule has 0 aliphatic heterocycles. The van der Waals surface area contributed by atoms with E-state index in [1.54, 1.807) is 6.92 Å². The number of hydrogen-bond acceptors (Lipinski definition) is 3. The number of carbonyl (C=O) groups excluding carboxylic acids is 1. The second kappa shape index (κ2) is 10.8. The summed E-state index contributed by atoms with van der Waals surface area (Å²) in [5, 5.41) is 9.26. The maximum absolute atomic E-state index is 11.0. The maximum atomic E-state index is 11.0. The van der Waals surface area contributed by atoms with Gasteiger partial charge in [-0.1, -0.05) is 29.8 Å². The fraction of sp³-hybridized carbons (Fsp3) is 0.333. The molecule has 0 aliphatic carbocycles. The Bertz CT molecular complexity index is 455. The molecular weight excluding hydrogens is 480 g/mol. The summed E-state index contributed by atoms with van der Waals surface area (Å²) >= 11 is 0. The van der Waals surface area contributed by atoms with Crippen molar-refractivity contribution in [1.82, 2.24) is 0 Å². The molecule has 1 rings (SSSR count). The van der Waals surface area contributed by atoms with Crippen LogP contribution < -0.4 is 0 Å². The molecule has 0 radical (unpaired) electrons. The van der Waals surface area contributed by atoms with Gasteiger partial charge in [0.05, 0.1) is 13.2 Å². The first-order valence-corrected chi connectivity index (χ1v) is 6.06. The Kier molecular flexibility index (Phi) is 10.4. The van der Waals surface area contributed by atoms with Gasteiger partial charge in [0.1, 0.15) is 0 Å². The van der Waals surface area contributed by atoms with E-state index >= 15 is 0 Å². The van der Waals surface area contributed by atoms with Gasteiger partial charge in [-0.3, -0.25) is 4.79 Å². The van der Waals surface area contributed by atoms with Gasteiger partial charge in [-0.05, 0) is 26.0 Å². The predicted octanol–water partition coefficient (Wildman–Crippen LogP) is 2.44. The average Bonchev–Trinajstić information content (AvgIpc) is 2.40. The smallest absolute Gasteiger partial charge is 0.899 e. The van der Waals surface area contributed by atoms with E-state index in [0.29, 0.717) is 6.61 Å². The van der Waals surface area contributed by atoms with Crippen molar-refractivity contribution in [3.63, 3.8) is 0 Å². The largest absolute Gasteiger partial charge is 2.00 e. The standard InChI is InChI=1S/C15H17NO3.U/c1-3-19-15(17)14(16)5-4-10-18-11-13-8-6-12(2)7-9-13;/h5-9H,3,10-11H2,1-2H3;/q-2;+2. The van der Waals surface area contributed by atoms with E-state index in [0.717, 1.165) is 11.6 Å². The Hall–Kier alpha value is -0.888. The van der Waals surface area contributed by atoms with Crippen LogP contribution in [0.25, 0.3) is 5.41 Å². The molecule has 0 fully saturated rings. The van der Waals surface area contributed by atoms with Crippen LogP contribution in [0.1, 0.15) is 18.1 Å². The van der Waals surface area contributed by atoms with Crippen molar-refractivity contribution >= 4 is 11.7 Å². The summed E-state index contributed by atoms with van der Waals surface area (Å²) < 4.78 is 9.93. The molecular formula is C15H17NO3U. The van der Waals surface area contributed by atoms with Crippen LogP contribution in [0.5, 0.6) is 0 Å². The van der Waals surface area contributed by atoms with Crippen LogP contribution in [0.4, 0.5) is 0 Å². The monoisotopic (exact) mass is 497 g/mol. The average molecular weight is 497 g/mol. The van der Waals surface area contributed by atoms with E-state index < -0.39 is 11.7 Å². The quantitative estimate of drug-likeness (QED) is 0.252. The van der Waals surface area contributed by atoms with Crippen molar-refractivity contribution in [1.29, 1.82) is 0 Å². The molecule has 0 amide bonds. The summed E-state index contributed by atoms with van der Waals surface area (Å²) in [6.07, 6.45) is 3.83. The molecule has 1 aromatic rings. The zero-order valence-electron chi connectivity index (χ0n) is 11.7. The first-order chi connectivity index (χ1) is 9.13. The van der Waals surface area contributed by atoms with Gasteiger partial charge in [0.2, 0.25) is 5.97 Å². The van der Waals surface area contributed by atoms with Crippen LogP contribution in [0.2, 0.25) is 0 Å². The number of benzene rings is 1. The Balaban J connectivity index is 0.00000361. The normalized spacial score (nSPS) is 10.1. The zero-order valence-corrected chi connectivity index (χ0v) is 15.8. The van der Waals surface area contributed by atoms with Crippen LogP contribution in [-0.4, -0.2) is 24.9 Å². The van der Waals surface area contributed by atoms with Crippen LogP contribution in [0, 0.1) is 44.1 Å². The van der Waals surface area contributed by atoms with Gasteiger partial charge < -0.3 is 14.9 Å². The zero-order chi connectivity index (χ0) is 14.1. The summed E-state index contributed by atoms with van der Waals surface area (Å²) in [6, 6.07) is 8.00. The molecule has 0 heterocycles. The number of rotatable bonds is 7. The molecule has 0 bridgehead atoms. The van der Waals surface area contributed by atoms with E-state index in [2.05, 4.69) is 10.8 Å². The fourth-order valence-corrected chi connectivity index (χ4v) is 1.31. The SMILES string of the molecule is CCOC(=O)C(=[N-])C=[C-]COCc1ccc(C)cc1.[U+2]. The molecule has 0 unspecified atom stereocenters. The number of aryl methyl sites for hydroxylation is 1. The minimum absolute atomic E-state index is 0. The van der Waals surface area contributed by atoms with E-state index in [1.807, 2.05) is 31.2 Å². The van der Waals surface area contributed by atoms with Crippen LogP contribution in [0.3, 0.4) is 0 Å². The summed E-state index contributed by atoms with van der Waals surface area (Å²) in [7, 11) is 0. The number of ether oxygens (including phenoxy) is 2. The van der Waals surface area contributed by atoms with Gasteiger partial charge in [0.25, 0.3) is 0 Å². The molecule has 0 spiro atoms. The van der Waals surface area contributed by atoms with Crippen molar-refractivity contribution in [2.75, 3.05) is 13.2 Å². The molecule has 0 N–H and O–H groups in total. The van der Waals surface area contributed by atoms with Crippen molar-refractivity contribution in [2.45, 2.75) is 20.5 Å². The minimum Gasteiger partial charge on any atom is -0.899 e. The van der Waals surface area contributed by atoms with Crippen molar-refractivity contribution < 1.29 is 45.4 Å². The van der Waals surface area contributed by atoms with Crippen LogP contribution in [-0.2, 0) is 20.9 Å². The second-order valence-corrected chi connectivity index (χ2v) is 3.93. The van der Waals surface area contributed by atoms with Gasteiger partial charge in [-0.15, -0.1) is 0 Å². The predicted molar refractivity (Wildman–Crippen MR) is 73.6 cm³/mol. The number of hydrogen-bond donors (Lipinski definition) is 0. The van der Waals surface area contributed by atoms with E-state index in [-0.39, 0.29) is 44.3 Å². The minimum atomic E-state index is -0.756. The number of nitrogens with zero attached hydrogens (tertiary/aromatic N) is 1. The molecule has 0 saturated heterocycles. The van der Waals surface area contributed by atoms with E-state index in [9.17, 15) is 10.2 Å².